The van der Waals surface area contributed by atoms with Crippen molar-refractivity contribution in [1.82, 2.24) is 14.8 Å². The number of nitrogens with one attached hydrogen (secondary N) is 1. The molecule has 1 atom stereocenters. The lowest BCUT2D eigenvalue weighted by Crippen LogP contribution is -2.40. The van der Waals surface area contributed by atoms with Crippen molar-refractivity contribution in [2.45, 2.75) is 19.4 Å². The van der Waals surface area contributed by atoms with E-state index < -0.39 is 0 Å². The van der Waals surface area contributed by atoms with Crippen LogP contribution in [0.5, 0.6) is 0 Å². The van der Waals surface area contributed by atoms with E-state index >= 15 is 0 Å². The third kappa shape index (κ3) is 5.70. The van der Waals surface area contributed by atoms with Crippen molar-refractivity contribution >= 4 is 41.5 Å². The smallest absolute Gasteiger partial charge is 0.193 e. The molecule has 0 saturated carbocycles. The fourth-order valence-corrected chi connectivity index (χ4v) is 2.84. The molecule has 0 aliphatic heterocycles. The molecule has 132 valence electrons. The van der Waals surface area contributed by atoms with Gasteiger partial charge >= 0.3 is 0 Å². The summed E-state index contributed by atoms with van der Waals surface area (Å²) in [7, 11) is 5.84. The Labute approximate surface area is 166 Å². The van der Waals surface area contributed by atoms with E-state index in [-0.39, 0.29) is 24.0 Å². The van der Waals surface area contributed by atoms with Gasteiger partial charge in [0, 0.05) is 39.6 Å². The lowest BCUT2D eigenvalue weighted by Gasteiger charge is -2.24. The van der Waals surface area contributed by atoms with Gasteiger partial charge in [0.25, 0.3) is 0 Å². The molecule has 0 aliphatic rings. The third-order valence-corrected chi connectivity index (χ3v) is 4.19. The number of benzene rings is 1. The standard InChI is InChI=1S/C18H25ClN4.HI/c1-14(15-8-6-5-7-9-15)11-21-18(20-2)23(4)13-17-10-16(19)12-22(17)3;/h5-10,12,14H,11,13H2,1-4H3,(H,20,21);1H. The van der Waals surface area contributed by atoms with Crippen LogP contribution in [0.2, 0.25) is 5.02 Å². The molecule has 0 aliphatic carbocycles. The Morgan fingerprint density at radius 3 is 2.54 bits per heavy atom. The molecule has 1 aromatic carbocycles. The maximum absolute atomic E-state index is 6.05. The summed E-state index contributed by atoms with van der Waals surface area (Å²) in [6.07, 6.45) is 1.92. The van der Waals surface area contributed by atoms with E-state index in [2.05, 4.69) is 46.4 Å². The lowest BCUT2D eigenvalue weighted by molar-refractivity contribution is 0.459. The van der Waals surface area contributed by atoms with Crippen molar-refractivity contribution in [3.05, 3.63) is 58.9 Å². The zero-order valence-corrected chi connectivity index (χ0v) is 17.7. The monoisotopic (exact) mass is 460 g/mol. The van der Waals surface area contributed by atoms with Gasteiger partial charge in [-0.25, -0.2) is 0 Å². The molecule has 0 saturated heterocycles. The number of halogens is 2. The number of aryl methyl sites for hydroxylation is 1. The number of hydrogen-bond acceptors (Lipinski definition) is 1. The van der Waals surface area contributed by atoms with Crippen molar-refractivity contribution in [3.8, 4) is 0 Å². The van der Waals surface area contributed by atoms with Crippen LogP contribution in [-0.2, 0) is 13.6 Å². The van der Waals surface area contributed by atoms with Crippen LogP contribution in [-0.4, -0.2) is 36.1 Å². The Balaban J connectivity index is 0.00000288. The van der Waals surface area contributed by atoms with E-state index in [0.29, 0.717) is 5.92 Å². The van der Waals surface area contributed by atoms with Crippen LogP contribution in [0.15, 0.2) is 47.6 Å². The first kappa shape index (κ1) is 20.8. The fraction of sp³-hybridized carbons (Fsp3) is 0.389. The van der Waals surface area contributed by atoms with Gasteiger partial charge in [-0.15, -0.1) is 24.0 Å². The van der Waals surface area contributed by atoms with Crippen LogP contribution in [0.3, 0.4) is 0 Å². The highest BCUT2D eigenvalue weighted by molar-refractivity contribution is 14.0. The highest BCUT2D eigenvalue weighted by Gasteiger charge is 2.11. The van der Waals surface area contributed by atoms with E-state index in [1.54, 1.807) is 0 Å². The Morgan fingerprint density at radius 2 is 2.00 bits per heavy atom. The van der Waals surface area contributed by atoms with Crippen LogP contribution < -0.4 is 5.32 Å². The zero-order valence-electron chi connectivity index (χ0n) is 14.7. The summed E-state index contributed by atoms with van der Waals surface area (Å²) in [4.78, 5) is 6.48. The van der Waals surface area contributed by atoms with Crippen molar-refractivity contribution in [3.63, 3.8) is 0 Å². The first-order chi connectivity index (χ1) is 11.0. The van der Waals surface area contributed by atoms with Gasteiger partial charge in [-0.2, -0.15) is 0 Å². The molecule has 0 fully saturated rings. The number of aromatic nitrogens is 1. The quantitative estimate of drug-likeness (QED) is 0.414. The van der Waals surface area contributed by atoms with Crippen molar-refractivity contribution in [1.29, 1.82) is 0 Å². The molecule has 0 amide bonds. The second-order valence-corrected chi connectivity index (χ2v) is 6.29. The average molecular weight is 461 g/mol. The molecular weight excluding hydrogens is 435 g/mol. The van der Waals surface area contributed by atoms with Gasteiger partial charge in [-0.3, -0.25) is 4.99 Å². The summed E-state index contributed by atoms with van der Waals surface area (Å²) < 4.78 is 2.04. The Hall–Kier alpha value is -1.21. The number of hydrogen-bond donors (Lipinski definition) is 1. The molecule has 1 aromatic heterocycles. The van der Waals surface area contributed by atoms with Gasteiger partial charge < -0.3 is 14.8 Å². The Bertz CT molecular complexity index is 654. The van der Waals surface area contributed by atoms with Crippen LogP contribution in [0.4, 0.5) is 0 Å². The van der Waals surface area contributed by atoms with Gasteiger partial charge in [0.1, 0.15) is 0 Å². The molecule has 24 heavy (non-hydrogen) atoms. The zero-order chi connectivity index (χ0) is 16.8. The second kappa shape index (κ2) is 9.93. The number of nitrogens with zero attached hydrogens (tertiary/aromatic N) is 3. The summed E-state index contributed by atoms with van der Waals surface area (Å²) in [6.45, 7) is 3.81. The van der Waals surface area contributed by atoms with Gasteiger partial charge in [0.15, 0.2) is 5.96 Å². The van der Waals surface area contributed by atoms with Gasteiger partial charge in [-0.1, -0.05) is 48.9 Å². The van der Waals surface area contributed by atoms with E-state index in [9.17, 15) is 0 Å². The highest BCUT2D eigenvalue weighted by atomic mass is 127. The van der Waals surface area contributed by atoms with E-state index in [0.717, 1.165) is 29.8 Å². The summed E-state index contributed by atoms with van der Waals surface area (Å²) in [5.41, 5.74) is 2.48. The normalized spacial score (nSPS) is 12.5. The molecule has 6 heteroatoms. The van der Waals surface area contributed by atoms with Crippen molar-refractivity contribution < 1.29 is 0 Å². The van der Waals surface area contributed by atoms with E-state index in [1.165, 1.54) is 5.56 Å². The maximum Gasteiger partial charge on any atom is 0.193 e. The molecule has 0 bridgehead atoms. The topological polar surface area (TPSA) is 32.6 Å². The molecule has 0 radical (unpaired) electrons. The minimum atomic E-state index is 0. The van der Waals surface area contributed by atoms with Crippen LogP contribution in [0.25, 0.3) is 0 Å². The summed E-state index contributed by atoms with van der Waals surface area (Å²) in [5.74, 6) is 1.30. The molecule has 1 unspecified atom stereocenters. The lowest BCUT2D eigenvalue weighted by atomic mass is 10.0. The second-order valence-electron chi connectivity index (χ2n) is 5.86. The van der Waals surface area contributed by atoms with Gasteiger partial charge in [-0.05, 0) is 17.5 Å². The minimum absolute atomic E-state index is 0. The van der Waals surface area contributed by atoms with Crippen LogP contribution >= 0.6 is 35.6 Å². The predicted octanol–water partition coefficient (Wildman–Crippen LogP) is 4.11. The van der Waals surface area contributed by atoms with E-state index in [1.807, 2.05) is 44.0 Å². The Morgan fingerprint density at radius 1 is 1.33 bits per heavy atom. The molecular formula is C18H26ClIN4. The number of aliphatic imine (C=N–C) groups is 1. The fourth-order valence-electron chi connectivity index (χ4n) is 2.57. The minimum Gasteiger partial charge on any atom is -0.356 e. The van der Waals surface area contributed by atoms with E-state index in [4.69, 9.17) is 11.6 Å². The van der Waals surface area contributed by atoms with Gasteiger partial charge in [0.05, 0.1) is 11.6 Å². The third-order valence-electron chi connectivity index (χ3n) is 3.98. The Kier molecular flexibility index (Phi) is 8.62. The predicted molar refractivity (Wildman–Crippen MR) is 114 cm³/mol. The van der Waals surface area contributed by atoms with Crippen molar-refractivity contribution in [2.24, 2.45) is 12.0 Å². The first-order valence-electron chi connectivity index (χ1n) is 7.78. The molecule has 2 aromatic rings. The van der Waals surface area contributed by atoms with Crippen LogP contribution in [0.1, 0.15) is 24.1 Å². The number of rotatable bonds is 5. The number of guanidine groups is 1. The molecule has 1 heterocycles. The molecule has 1 N–H and O–H groups in total. The molecule has 2 rings (SSSR count). The highest BCUT2D eigenvalue weighted by Crippen LogP contribution is 2.15. The largest absolute Gasteiger partial charge is 0.356 e. The van der Waals surface area contributed by atoms with Gasteiger partial charge in [0.2, 0.25) is 0 Å². The molecule has 4 nitrogen and oxygen atoms in total. The SMILES string of the molecule is CN=C(NCC(C)c1ccccc1)N(C)Cc1cc(Cl)cn1C.I. The maximum atomic E-state index is 6.05. The summed E-state index contributed by atoms with van der Waals surface area (Å²) >= 11 is 6.05. The summed E-state index contributed by atoms with van der Waals surface area (Å²) in [5, 5.41) is 4.21. The average Bonchev–Trinajstić information content (AvgIpc) is 2.86. The molecule has 0 spiro atoms. The van der Waals surface area contributed by atoms with Crippen LogP contribution in [0, 0.1) is 0 Å². The first-order valence-corrected chi connectivity index (χ1v) is 8.16. The van der Waals surface area contributed by atoms with Crippen molar-refractivity contribution in [2.75, 3.05) is 20.6 Å². The summed E-state index contributed by atoms with van der Waals surface area (Å²) in [6, 6.07) is 12.5.